The van der Waals surface area contributed by atoms with Gasteiger partial charge >= 0.3 is 0 Å². The molecule has 1 saturated carbocycles. The van der Waals surface area contributed by atoms with Crippen LogP contribution in [0.15, 0.2) is 57.9 Å². The number of nitrogens with zero attached hydrogens (tertiary/aromatic N) is 3. The molecule has 0 unspecified atom stereocenters. The van der Waals surface area contributed by atoms with Crippen molar-refractivity contribution in [3.05, 3.63) is 60.0 Å². The Morgan fingerprint density at radius 2 is 1.86 bits per heavy atom. The van der Waals surface area contributed by atoms with Crippen molar-refractivity contribution in [1.29, 1.82) is 0 Å². The highest BCUT2D eigenvalue weighted by atomic mass is 32.2. The summed E-state index contributed by atoms with van der Waals surface area (Å²) in [4.78, 5) is 17.3. The highest BCUT2D eigenvalue weighted by molar-refractivity contribution is 7.89. The Morgan fingerprint density at radius 1 is 1.11 bits per heavy atom. The lowest BCUT2D eigenvalue weighted by Gasteiger charge is -2.30. The van der Waals surface area contributed by atoms with Crippen LogP contribution in [0.4, 0.5) is 0 Å². The van der Waals surface area contributed by atoms with Crippen molar-refractivity contribution in [2.75, 3.05) is 20.2 Å². The third-order valence-electron chi connectivity index (χ3n) is 6.54. The van der Waals surface area contributed by atoms with Gasteiger partial charge in [-0.05, 0) is 67.6 Å². The number of carbonyl (C=O) groups is 1. The van der Waals surface area contributed by atoms with Gasteiger partial charge in [0.2, 0.25) is 27.6 Å². The average Bonchev–Trinajstić information content (AvgIpc) is 3.63. The van der Waals surface area contributed by atoms with Gasteiger partial charge in [0.05, 0.1) is 12.0 Å². The molecule has 0 spiro atoms. The number of hydrogen-bond acceptors (Lipinski definition) is 7. The number of carbonyl (C=O) groups excluding carboxylic acids is 1. The number of rotatable bonds is 8. The second-order valence-electron chi connectivity index (χ2n) is 9.00. The van der Waals surface area contributed by atoms with Gasteiger partial charge in [0.15, 0.2) is 0 Å². The monoisotopic (exact) mass is 496 g/mol. The summed E-state index contributed by atoms with van der Waals surface area (Å²) < 4.78 is 38.3. The van der Waals surface area contributed by atoms with Crippen LogP contribution in [0.5, 0.6) is 5.75 Å². The van der Waals surface area contributed by atoms with E-state index in [1.165, 1.54) is 4.31 Å². The van der Waals surface area contributed by atoms with Crippen molar-refractivity contribution in [3.8, 4) is 17.1 Å². The Balaban J connectivity index is 1.16. The number of nitrogens with one attached hydrogen (secondary N) is 1. The molecule has 2 aromatic carbocycles. The first-order valence-corrected chi connectivity index (χ1v) is 13.2. The van der Waals surface area contributed by atoms with Gasteiger partial charge in [0.25, 0.3) is 0 Å². The van der Waals surface area contributed by atoms with Crippen molar-refractivity contribution < 1.29 is 22.5 Å². The van der Waals surface area contributed by atoms with Gasteiger partial charge in [0.1, 0.15) is 5.75 Å². The van der Waals surface area contributed by atoms with Gasteiger partial charge in [-0.2, -0.15) is 9.29 Å². The lowest BCUT2D eigenvalue weighted by Crippen LogP contribution is -2.42. The lowest BCUT2D eigenvalue weighted by atomic mass is 9.97. The topological polar surface area (TPSA) is 115 Å². The van der Waals surface area contributed by atoms with Crippen molar-refractivity contribution in [2.24, 2.45) is 5.92 Å². The predicted molar refractivity (Wildman–Crippen MR) is 128 cm³/mol. The molecular weight excluding hydrogens is 468 g/mol. The maximum Gasteiger partial charge on any atom is 0.243 e. The summed E-state index contributed by atoms with van der Waals surface area (Å²) in [5.41, 5.74) is 1.66. The SMILES string of the molecule is COc1cccc(CNC(=O)C2CCN(S(=O)(=O)c3ccc(-c4noc(C5CC5)n4)cc3)CC2)c1. The van der Waals surface area contributed by atoms with Crippen LogP contribution >= 0.6 is 0 Å². The summed E-state index contributed by atoms with van der Waals surface area (Å²) in [6, 6.07) is 14.1. The molecule has 5 rings (SSSR count). The van der Waals surface area contributed by atoms with Gasteiger partial charge in [-0.3, -0.25) is 4.79 Å². The van der Waals surface area contributed by atoms with Crippen LogP contribution in [0.1, 0.15) is 43.1 Å². The van der Waals surface area contributed by atoms with Crippen molar-refractivity contribution >= 4 is 15.9 Å². The smallest absolute Gasteiger partial charge is 0.243 e. The number of aromatic nitrogens is 2. The minimum atomic E-state index is -3.65. The van der Waals surface area contributed by atoms with Crippen LogP contribution in [0.2, 0.25) is 0 Å². The first-order chi connectivity index (χ1) is 16.9. The third kappa shape index (κ3) is 5.23. The summed E-state index contributed by atoms with van der Waals surface area (Å²) in [5, 5.41) is 6.96. The van der Waals surface area contributed by atoms with E-state index in [1.54, 1.807) is 31.4 Å². The molecule has 0 bridgehead atoms. The van der Waals surface area contributed by atoms with Crippen LogP contribution in [0.25, 0.3) is 11.4 Å². The zero-order valence-electron chi connectivity index (χ0n) is 19.5. The molecule has 10 heteroatoms. The summed E-state index contributed by atoms with van der Waals surface area (Å²) in [7, 11) is -2.04. The maximum absolute atomic E-state index is 13.1. The molecule has 1 aliphatic heterocycles. The molecule has 1 aromatic heterocycles. The zero-order valence-corrected chi connectivity index (χ0v) is 20.3. The van der Waals surface area contributed by atoms with Crippen molar-refractivity contribution in [2.45, 2.75) is 43.0 Å². The third-order valence-corrected chi connectivity index (χ3v) is 8.46. The molecule has 0 atom stereocenters. The normalized spacial score (nSPS) is 17.3. The number of piperidine rings is 1. The molecule has 35 heavy (non-hydrogen) atoms. The Kier molecular flexibility index (Phi) is 6.57. The first kappa shape index (κ1) is 23.5. The zero-order chi connectivity index (χ0) is 24.4. The van der Waals surface area contributed by atoms with Crippen molar-refractivity contribution in [3.63, 3.8) is 0 Å². The highest BCUT2D eigenvalue weighted by Crippen LogP contribution is 2.39. The average molecular weight is 497 g/mol. The van der Waals surface area contributed by atoms with E-state index in [-0.39, 0.29) is 16.7 Å². The van der Waals surface area contributed by atoms with Gasteiger partial charge in [-0.1, -0.05) is 17.3 Å². The molecule has 2 fully saturated rings. The van der Waals surface area contributed by atoms with E-state index in [9.17, 15) is 13.2 Å². The quantitative estimate of drug-likeness (QED) is 0.509. The summed E-state index contributed by atoms with van der Waals surface area (Å²) in [6.07, 6.45) is 3.10. The molecule has 1 saturated heterocycles. The Labute approximate surface area is 204 Å². The molecule has 1 amide bonds. The number of ether oxygens (including phenoxy) is 1. The molecular formula is C25H28N4O5S. The first-order valence-electron chi connectivity index (χ1n) is 11.8. The molecule has 184 valence electrons. The Hall–Kier alpha value is -3.24. The number of methoxy groups -OCH3 is 1. The molecule has 3 aromatic rings. The van der Waals surface area contributed by atoms with Crippen LogP contribution in [-0.4, -0.2) is 49.0 Å². The fourth-order valence-corrected chi connectivity index (χ4v) is 5.72. The molecule has 1 aliphatic carbocycles. The summed E-state index contributed by atoms with van der Waals surface area (Å²) >= 11 is 0. The van der Waals surface area contributed by atoms with Crippen LogP contribution < -0.4 is 10.1 Å². The second-order valence-corrected chi connectivity index (χ2v) is 10.9. The van der Waals surface area contributed by atoms with E-state index >= 15 is 0 Å². The fourth-order valence-electron chi connectivity index (χ4n) is 4.25. The standard InChI is InChI=1S/C25H28N4O5S/c1-33-21-4-2-3-17(15-21)16-26-24(30)19-11-13-29(14-12-19)35(31,32)22-9-7-18(8-10-22)23-27-25(34-28-23)20-5-6-20/h2-4,7-10,15,19-20H,5-6,11-14,16H2,1H3,(H,26,30). The van der Waals surface area contributed by atoms with E-state index in [2.05, 4.69) is 15.5 Å². The molecule has 1 N–H and O–H groups in total. The van der Waals surface area contributed by atoms with E-state index in [0.29, 0.717) is 55.7 Å². The fraction of sp³-hybridized carbons (Fsp3) is 0.400. The van der Waals surface area contributed by atoms with E-state index in [0.717, 1.165) is 24.2 Å². The van der Waals surface area contributed by atoms with Gasteiger partial charge < -0.3 is 14.6 Å². The Morgan fingerprint density at radius 3 is 2.54 bits per heavy atom. The summed E-state index contributed by atoms with van der Waals surface area (Å²) in [6.45, 7) is 1.01. The summed E-state index contributed by atoms with van der Waals surface area (Å²) in [5.74, 6) is 1.95. The van der Waals surface area contributed by atoms with Crippen molar-refractivity contribution in [1.82, 2.24) is 19.8 Å². The van der Waals surface area contributed by atoms with E-state index < -0.39 is 10.0 Å². The van der Waals surface area contributed by atoms with Crippen LogP contribution in [0.3, 0.4) is 0 Å². The maximum atomic E-state index is 13.1. The van der Waals surface area contributed by atoms with Gasteiger partial charge in [-0.25, -0.2) is 8.42 Å². The molecule has 0 radical (unpaired) electrons. The van der Waals surface area contributed by atoms with E-state index in [4.69, 9.17) is 9.26 Å². The van der Waals surface area contributed by atoms with Gasteiger partial charge in [-0.15, -0.1) is 0 Å². The molecule has 2 aliphatic rings. The van der Waals surface area contributed by atoms with E-state index in [1.807, 2.05) is 24.3 Å². The molecule has 2 heterocycles. The van der Waals surface area contributed by atoms with Crippen LogP contribution in [0, 0.1) is 5.92 Å². The largest absolute Gasteiger partial charge is 0.497 e. The van der Waals surface area contributed by atoms with Gasteiger partial charge in [0, 0.05) is 37.0 Å². The Bertz CT molecular complexity index is 1290. The number of benzene rings is 2. The lowest BCUT2D eigenvalue weighted by molar-refractivity contribution is -0.126. The predicted octanol–water partition coefficient (Wildman–Crippen LogP) is 3.34. The number of amides is 1. The minimum Gasteiger partial charge on any atom is -0.497 e. The number of sulfonamides is 1. The molecule has 9 nitrogen and oxygen atoms in total. The van der Waals surface area contributed by atoms with Crippen LogP contribution in [-0.2, 0) is 21.4 Å². The minimum absolute atomic E-state index is 0.0556. The second kappa shape index (κ2) is 9.79. The highest BCUT2D eigenvalue weighted by Gasteiger charge is 2.32. The number of hydrogen-bond donors (Lipinski definition) is 1.